The van der Waals surface area contributed by atoms with Gasteiger partial charge in [-0.3, -0.25) is 4.18 Å². The first-order chi connectivity index (χ1) is 12.5. The third-order valence-corrected chi connectivity index (χ3v) is 5.16. The number of allylic oxidation sites excluding steroid dienone is 1. The summed E-state index contributed by atoms with van der Waals surface area (Å²) in [5, 5.41) is 0. The molecule has 0 aliphatic carbocycles. The van der Waals surface area contributed by atoms with Crippen LogP contribution in [0.2, 0.25) is 0 Å². The zero-order chi connectivity index (χ0) is 19.5. The van der Waals surface area contributed by atoms with Crippen LogP contribution in [0.3, 0.4) is 0 Å². The Balaban J connectivity index is 0. The molecule has 0 aromatic carbocycles. The maximum absolute atomic E-state index is 10.7. The Morgan fingerprint density at radius 3 is 1.81 bits per heavy atom. The van der Waals surface area contributed by atoms with E-state index in [4.69, 9.17) is 0 Å². The maximum atomic E-state index is 10.7. The molecule has 0 bridgehead atoms. The Morgan fingerprint density at radius 2 is 1.30 bits per heavy atom. The summed E-state index contributed by atoms with van der Waals surface area (Å²) in [5.41, 5.74) is 0. The number of hydrogen-bond acceptors (Lipinski definition) is 4. The van der Waals surface area contributed by atoms with Crippen LogP contribution in [0.4, 0.5) is 0 Å². The van der Waals surface area contributed by atoms with Crippen LogP contribution >= 0.6 is 0 Å². The second-order valence-electron chi connectivity index (χ2n) is 7.35. The summed E-state index contributed by atoms with van der Waals surface area (Å²) in [6, 6.07) is 0. The third kappa shape index (κ3) is 25.2. The summed E-state index contributed by atoms with van der Waals surface area (Å²) in [6.45, 7) is 4.42. The van der Waals surface area contributed by atoms with Crippen LogP contribution in [-0.4, -0.2) is 19.6 Å². The van der Waals surface area contributed by atoms with Gasteiger partial charge in [0.25, 0.3) is 0 Å². The van der Waals surface area contributed by atoms with Crippen molar-refractivity contribution in [2.75, 3.05) is 6.61 Å². The molecule has 1 unspecified atom stereocenters. The minimum absolute atomic E-state index is 0. The first-order valence-corrected chi connectivity index (χ1v) is 12.1. The van der Waals surface area contributed by atoms with E-state index in [1.807, 2.05) is 6.08 Å². The average molecular weight is 429 g/mol. The normalized spacial score (nSPS) is 13.0. The third-order valence-electron chi connectivity index (χ3n) is 4.74. The van der Waals surface area contributed by atoms with Gasteiger partial charge in [-0.05, 0) is 19.3 Å². The molecule has 6 heteroatoms. The molecule has 0 aliphatic rings. The van der Waals surface area contributed by atoms with E-state index in [0.717, 1.165) is 25.7 Å². The number of rotatable bonds is 19. The Labute approximate surface area is 211 Å². The van der Waals surface area contributed by atoms with Gasteiger partial charge in [0, 0.05) is 5.92 Å². The van der Waals surface area contributed by atoms with Gasteiger partial charge in [-0.15, -0.1) is 0 Å². The van der Waals surface area contributed by atoms with E-state index in [2.05, 4.69) is 24.1 Å². The van der Waals surface area contributed by atoms with Crippen LogP contribution in [0.15, 0.2) is 12.2 Å². The van der Waals surface area contributed by atoms with Gasteiger partial charge in [0.2, 0.25) is 10.4 Å². The minimum atomic E-state index is -4.60. The Bertz CT molecular complexity index is 424. The zero-order valence-corrected chi connectivity index (χ0v) is 22.0. The summed E-state index contributed by atoms with van der Waals surface area (Å²) < 4.78 is 36.6. The standard InChI is InChI=1S/C21H42O4S.K/c1-3-5-7-9-11-13-15-17-19-21(20-25-26(22,23)24)18-16-14-12-10-8-6-4-2;/h17,19,21H,3-16,18,20H2,1-2H3,(H,22,23,24);/q;+1/p-1/b19-17+;. The predicted octanol–water partition coefficient (Wildman–Crippen LogP) is 3.53. The van der Waals surface area contributed by atoms with E-state index in [1.165, 1.54) is 70.6 Å². The van der Waals surface area contributed by atoms with E-state index < -0.39 is 10.4 Å². The molecule has 0 aromatic rings. The quantitative estimate of drug-likeness (QED) is 0.104. The molecule has 0 aromatic heterocycles. The van der Waals surface area contributed by atoms with Gasteiger partial charge in [0.15, 0.2) is 0 Å². The Kier molecular flexibility index (Phi) is 24.7. The van der Waals surface area contributed by atoms with Crippen molar-refractivity contribution in [1.29, 1.82) is 0 Å². The number of hydrogen-bond donors (Lipinski definition) is 0. The van der Waals surface area contributed by atoms with Crippen LogP contribution in [-0.2, 0) is 14.6 Å². The molecule has 27 heavy (non-hydrogen) atoms. The summed E-state index contributed by atoms with van der Waals surface area (Å²) in [5.74, 6) is 0.0226. The van der Waals surface area contributed by atoms with Crippen LogP contribution in [0.1, 0.15) is 110 Å². The minimum Gasteiger partial charge on any atom is -0.726 e. The van der Waals surface area contributed by atoms with Crippen molar-refractivity contribution in [3.05, 3.63) is 12.2 Å². The van der Waals surface area contributed by atoms with Crippen LogP contribution in [0.5, 0.6) is 0 Å². The van der Waals surface area contributed by atoms with Crippen molar-refractivity contribution in [1.82, 2.24) is 0 Å². The van der Waals surface area contributed by atoms with Crippen LogP contribution in [0, 0.1) is 5.92 Å². The molecule has 0 N–H and O–H groups in total. The van der Waals surface area contributed by atoms with E-state index in [-0.39, 0.29) is 63.9 Å². The van der Waals surface area contributed by atoms with E-state index in [0.29, 0.717) is 0 Å². The monoisotopic (exact) mass is 428 g/mol. The van der Waals surface area contributed by atoms with Gasteiger partial charge in [-0.1, -0.05) is 103 Å². The van der Waals surface area contributed by atoms with E-state index in [9.17, 15) is 13.0 Å². The molecule has 0 fully saturated rings. The van der Waals surface area contributed by atoms with Gasteiger partial charge >= 0.3 is 51.4 Å². The van der Waals surface area contributed by atoms with Gasteiger partial charge in [0.1, 0.15) is 0 Å². The smallest absolute Gasteiger partial charge is 0.726 e. The fourth-order valence-electron chi connectivity index (χ4n) is 3.10. The van der Waals surface area contributed by atoms with Crippen molar-refractivity contribution < 1.29 is 68.5 Å². The molecule has 0 radical (unpaired) electrons. The van der Waals surface area contributed by atoms with Crippen molar-refractivity contribution in [3.63, 3.8) is 0 Å². The van der Waals surface area contributed by atoms with Gasteiger partial charge in [-0.25, -0.2) is 8.42 Å². The second-order valence-corrected chi connectivity index (χ2v) is 8.40. The first-order valence-electron chi connectivity index (χ1n) is 10.8. The summed E-state index contributed by atoms with van der Waals surface area (Å²) >= 11 is 0. The molecule has 1 atom stereocenters. The van der Waals surface area contributed by atoms with Gasteiger partial charge in [0.05, 0.1) is 6.61 Å². The Hall–Kier alpha value is 1.25. The summed E-state index contributed by atoms with van der Waals surface area (Å²) in [7, 11) is -4.60. The van der Waals surface area contributed by atoms with Crippen molar-refractivity contribution in [2.45, 2.75) is 110 Å². The van der Waals surface area contributed by atoms with E-state index >= 15 is 0 Å². The van der Waals surface area contributed by atoms with E-state index in [1.54, 1.807) is 0 Å². The van der Waals surface area contributed by atoms with Gasteiger partial charge in [-0.2, -0.15) is 0 Å². The molecule has 0 saturated carbocycles. The average Bonchev–Trinajstić information content (AvgIpc) is 2.59. The zero-order valence-electron chi connectivity index (χ0n) is 18.1. The fourth-order valence-corrected chi connectivity index (χ4v) is 3.44. The van der Waals surface area contributed by atoms with Crippen LogP contribution < -0.4 is 51.4 Å². The van der Waals surface area contributed by atoms with Crippen molar-refractivity contribution >= 4 is 10.4 Å². The molecule has 0 heterocycles. The molecule has 0 spiro atoms. The van der Waals surface area contributed by atoms with Crippen molar-refractivity contribution in [2.24, 2.45) is 5.92 Å². The number of unbranched alkanes of at least 4 members (excludes halogenated alkanes) is 12. The molecule has 0 saturated heterocycles. The van der Waals surface area contributed by atoms with Crippen molar-refractivity contribution in [3.8, 4) is 0 Å². The molecule has 0 amide bonds. The Morgan fingerprint density at radius 1 is 0.815 bits per heavy atom. The summed E-state index contributed by atoms with van der Waals surface area (Å²) in [6.07, 6.45) is 22.3. The topological polar surface area (TPSA) is 66.4 Å². The molecular formula is C21H41KO4S. The molecule has 4 nitrogen and oxygen atoms in total. The maximum Gasteiger partial charge on any atom is 1.00 e. The second kappa shape index (κ2) is 21.9. The SMILES string of the molecule is CCCCCCCC/C=C/C(CCCCCCCCC)COS(=O)(=O)[O-].[K+]. The summed E-state index contributed by atoms with van der Waals surface area (Å²) in [4.78, 5) is 0. The molecule has 0 rings (SSSR count). The first kappa shape index (κ1) is 30.4. The van der Waals surface area contributed by atoms with Crippen LogP contribution in [0.25, 0.3) is 0 Å². The molecular weight excluding hydrogens is 387 g/mol. The predicted molar refractivity (Wildman–Crippen MR) is 109 cm³/mol. The fraction of sp³-hybridized carbons (Fsp3) is 0.905. The molecule has 156 valence electrons. The van der Waals surface area contributed by atoms with Gasteiger partial charge < -0.3 is 4.55 Å². The molecule has 0 aliphatic heterocycles. The largest absolute Gasteiger partial charge is 1.00 e.